The molecule has 0 spiro atoms. The van der Waals surface area contributed by atoms with Crippen LogP contribution in [0, 0.1) is 0 Å². The number of phenolic OH excluding ortho intramolecular Hbond substituents is 6. The van der Waals surface area contributed by atoms with E-state index in [2.05, 4.69) is 42.5 Å². The molecule has 18 N–H and O–H groups in total. The van der Waals surface area contributed by atoms with E-state index in [1.807, 2.05) is 0 Å². The van der Waals surface area contributed by atoms with E-state index in [1.54, 1.807) is 0 Å². The molecule has 0 aliphatic carbocycles. The number of carbonyl (C=O) groups is 7. The van der Waals surface area contributed by atoms with E-state index in [4.69, 9.17) is 43.1 Å². The lowest BCUT2D eigenvalue weighted by Crippen LogP contribution is -2.55. The van der Waals surface area contributed by atoms with Gasteiger partial charge in [-0.1, -0.05) is 53.5 Å². The molecule has 0 saturated carbocycles. The Bertz CT molecular complexity index is 4190. The van der Waals surface area contributed by atoms with Gasteiger partial charge in [-0.3, -0.25) is 33.6 Å². The quantitative estimate of drug-likeness (QED) is 0.119. The first-order valence-corrected chi connectivity index (χ1v) is 28.0. The first kappa shape index (κ1) is 61.1. The van der Waals surface area contributed by atoms with Gasteiger partial charge in [0.05, 0.1) is 15.6 Å². The summed E-state index contributed by atoms with van der Waals surface area (Å²) < 4.78 is 18.4. The first-order chi connectivity index (χ1) is 42.9. The van der Waals surface area contributed by atoms with Crippen LogP contribution in [0.3, 0.4) is 0 Å². The van der Waals surface area contributed by atoms with Crippen molar-refractivity contribution in [1.82, 2.24) is 42.5 Å². The van der Waals surface area contributed by atoms with Gasteiger partial charge in [-0.15, -0.1) is 0 Å². The Morgan fingerprint density at radius 2 is 1.04 bits per heavy atom. The average molecular weight is 1270 g/mol. The molecule has 0 fully saturated rings. The largest absolute Gasteiger partial charge is 0.508 e. The Kier molecular flexibility index (Phi) is 16.4. The number of likely N-dealkylation sites (N-methyl/N-ethyl adjacent to an activating group) is 1. The lowest BCUT2D eigenvalue weighted by atomic mass is 9.85. The molecule has 9 unspecified atom stereocenters. The zero-order chi connectivity index (χ0) is 64.3. The number of amides is 7. The Morgan fingerprint density at radius 3 is 1.64 bits per heavy atom. The number of fused-ring (bicyclic) bond motifs is 13. The van der Waals surface area contributed by atoms with Crippen LogP contribution < -0.4 is 62.5 Å². The van der Waals surface area contributed by atoms with Crippen LogP contribution in [0.1, 0.15) is 86.9 Å². The van der Waals surface area contributed by atoms with Crippen molar-refractivity contribution in [2.24, 2.45) is 5.73 Å². The van der Waals surface area contributed by atoms with E-state index in [0.29, 0.717) is 0 Å². The summed E-state index contributed by atoms with van der Waals surface area (Å²) in [6.45, 7) is -0.260. The molecule has 6 aliphatic rings. The summed E-state index contributed by atoms with van der Waals surface area (Å²) in [6, 6.07) is 6.27. The van der Waals surface area contributed by atoms with Crippen molar-refractivity contribution in [1.29, 1.82) is 0 Å². The highest BCUT2D eigenvalue weighted by Gasteiger charge is 2.43. The normalized spacial score (nSPS) is 22.3. The number of hydrogen-bond acceptors (Lipinski definition) is 20. The lowest BCUT2D eigenvalue weighted by molar-refractivity contribution is -0.137. The number of carbonyl (C=O) groups excluding carboxylic acids is 7. The molecule has 7 aromatic carbocycles. The first-order valence-electron chi connectivity index (χ1n) is 27.3. The van der Waals surface area contributed by atoms with Crippen LogP contribution in [0.25, 0.3) is 11.1 Å². The maximum Gasteiger partial charge on any atom is 0.248 e. The number of aromatic hydroxyl groups is 6. The van der Waals surface area contributed by atoms with E-state index in [1.165, 1.54) is 62.6 Å². The number of nitrogens with two attached hydrogens (primary N) is 1. The molecule has 0 aromatic heterocycles. The fourth-order valence-electron chi connectivity index (χ4n) is 10.9. The van der Waals surface area contributed by atoms with Crippen LogP contribution in [0.4, 0.5) is 0 Å². The van der Waals surface area contributed by atoms with Crippen molar-refractivity contribution < 1.29 is 88.6 Å². The highest BCUT2D eigenvalue weighted by Crippen LogP contribution is 2.50. The number of aliphatic hydroxyl groups excluding tert-OH is 2. The monoisotopic (exact) mass is 1270 g/mol. The van der Waals surface area contributed by atoms with E-state index >= 15 is 19.2 Å². The van der Waals surface area contributed by atoms with Gasteiger partial charge in [0.15, 0.2) is 23.0 Å². The standard InChI is InChI=1S/C61H53Cl2N9O18/c1-65-21-31-36(76)20-30-43(53(31)79)42-29(4-3-5-35(42)75)47-59(85)72-50(61(87)70-48(30)56(82)66-2)52(78)24-8-11-38(33(63)15-24)90-41-18-26-17-40(54(41)80)89-37-10-7-23(14-32(37)62)51(77)49-60(86)68-45(57(83)67-46(26)58(84)69-47)25-12-27(73)19-28(13-25)88-39-16-22(6-9-34(39)74)44(64)55(81)71-49/h3-20,44-52,65,73-80H,21,64H2,1-2H3,(H,66,82)(H,67,83)(H,68,86)(H,69,84)(H,70,87)(H,71,81)(H,72,85). The van der Waals surface area contributed by atoms with Gasteiger partial charge in [0.2, 0.25) is 47.1 Å². The van der Waals surface area contributed by atoms with Gasteiger partial charge in [0, 0.05) is 30.8 Å². The molecule has 9 atom stereocenters. The van der Waals surface area contributed by atoms with Crippen molar-refractivity contribution in [2.75, 3.05) is 14.1 Å². The van der Waals surface area contributed by atoms with Crippen LogP contribution in [0.15, 0.2) is 109 Å². The fraction of sp³-hybridized carbons (Fsp3) is 0.197. The third-order valence-electron chi connectivity index (χ3n) is 15.5. The van der Waals surface area contributed by atoms with Crippen LogP contribution in [-0.4, -0.2) is 108 Å². The molecule has 7 amide bonds. The Hall–Kier alpha value is -10.6. The molecule has 0 radical (unpaired) electrons. The lowest BCUT2D eigenvalue weighted by Gasteiger charge is -2.31. The van der Waals surface area contributed by atoms with Crippen molar-refractivity contribution in [3.8, 4) is 80.1 Å². The van der Waals surface area contributed by atoms with Crippen LogP contribution in [0.5, 0.6) is 69.0 Å². The number of nitrogens with one attached hydrogen (secondary N) is 8. The third-order valence-corrected chi connectivity index (χ3v) is 16.1. The molecule has 29 heteroatoms. The summed E-state index contributed by atoms with van der Waals surface area (Å²) in [7, 11) is 2.68. The van der Waals surface area contributed by atoms with Gasteiger partial charge in [-0.05, 0) is 119 Å². The summed E-state index contributed by atoms with van der Waals surface area (Å²) in [4.78, 5) is 105. The average Bonchev–Trinajstić information content (AvgIpc) is 1.12. The minimum atomic E-state index is -2.26. The van der Waals surface area contributed by atoms with Gasteiger partial charge in [0.25, 0.3) is 0 Å². The van der Waals surface area contributed by atoms with Crippen LogP contribution in [0.2, 0.25) is 10.0 Å². The highest BCUT2D eigenvalue weighted by atomic mass is 35.5. The molecule has 15 bridgehead atoms. The summed E-state index contributed by atoms with van der Waals surface area (Å²) in [5, 5.41) is 114. The predicted octanol–water partition coefficient (Wildman–Crippen LogP) is 3.86. The molecule has 6 heterocycles. The van der Waals surface area contributed by atoms with Gasteiger partial charge >= 0.3 is 0 Å². The zero-order valence-electron chi connectivity index (χ0n) is 46.8. The number of aliphatic hydroxyl groups is 2. The van der Waals surface area contributed by atoms with Crippen molar-refractivity contribution in [3.63, 3.8) is 0 Å². The van der Waals surface area contributed by atoms with Gasteiger partial charge in [0.1, 0.15) is 94.7 Å². The number of phenols is 6. The number of halogens is 2. The molecule has 13 rings (SSSR count). The van der Waals surface area contributed by atoms with Gasteiger partial charge in [-0.25, -0.2) is 0 Å². The minimum Gasteiger partial charge on any atom is -0.508 e. The SMILES string of the molecule is CNCc1c(O)cc2c(c1O)-c1c(O)cccc1C1NC(=O)C3NC(=O)C4NC(=O)C(NC(=O)C(N)c5ccc(O)c(c5)Oc5cc(O)cc4c5)C(O)c4ccc(c(Cl)c4)Oc4cc3cc(c4O)Oc3ccc(cc3Cl)C(O)C(NC1=O)C(=O)NC2C(=O)NC. The predicted molar refractivity (Wildman–Crippen MR) is 315 cm³/mol. The highest BCUT2D eigenvalue weighted by molar-refractivity contribution is 6.32. The second-order valence-corrected chi connectivity index (χ2v) is 22.0. The summed E-state index contributed by atoms with van der Waals surface area (Å²) in [5.74, 6) is -15.0. The smallest absolute Gasteiger partial charge is 0.248 e. The van der Waals surface area contributed by atoms with Crippen LogP contribution >= 0.6 is 23.2 Å². The molecule has 464 valence electrons. The maximum absolute atomic E-state index is 16.0. The number of benzene rings is 7. The Labute approximate surface area is 518 Å². The Morgan fingerprint density at radius 1 is 0.500 bits per heavy atom. The molecule has 7 aromatic rings. The minimum absolute atomic E-state index is 0.0365. The van der Waals surface area contributed by atoms with Gasteiger partial charge in [-0.2, -0.15) is 0 Å². The summed E-state index contributed by atoms with van der Waals surface area (Å²) >= 11 is 13.7. The molecule has 0 saturated heterocycles. The molecule has 27 nitrogen and oxygen atoms in total. The van der Waals surface area contributed by atoms with Gasteiger partial charge < -0.3 is 103 Å². The van der Waals surface area contributed by atoms with Crippen LogP contribution in [-0.2, 0) is 40.1 Å². The topological polar surface area (TPSA) is 431 Å². The maximum atomic E-state index is 16.0. The molecule has 6 aliphatic heterocycles. The number of ether oxygens (including phenoxy) is 3. The molecular formula is C61H53Cl2N9O18. The van der Waals surface area contributed by atoms with Crippen molar-refractivity contribution >= 4 is 64.6 Å². The molecular weight excluding hydrogens is 1220 g/mol. The van der Waals surface area contributed by atoms with E-state index in [-0.39, 0.29) is 78.5 Å². The number of hydrogen-bond donors (Lipinski definition) is 17. The fourth-order valence-corrected chi connectivity index (χ4v) is 11.4. The second-order valence-electron chi connectivity index (χ2n) is 21.2. The van der Waals surface area contributed by atoms with Crippen molar-refractivity contribution in [3.05, 3.63) is 164 Å². The summed E-state index contributed by atoms with van der Waals surface area (Å²) in [5.41, 5.74) is 3.50. The zero-order valence-corrected chi connectivity index (χ0v) is 48.3. The van der Waals surface area contributed by atoms with Crippen molar-refractivity contribution in [2.45, 2.75) is 61.0 Å². The number of rotatable bonds is 3. The Balaban J connectivity index is 1.18. The molecule has 90 heavy (non-hydrogen) atoms. The van der Waals surface area contributed by atoms with E-state index in [9.17, 15) is 55.2 Å². The van der Waals surface area contributed by atoms with E-state index < -0.39 is 159 Å². The summed E-state index contributed by atoms with van der Waals surface area (Å²) in [6.07, 6.45) is -4.15. The third kappa shape index (κ3) is 11.4. The second kappa shape index (κ2) is 24.2. The van der Waals surface area contributed by atoms with E-state index in [0.717, 1.165) is 60.7 Å².